The van der Waals surface area contributed by atoms with Crippen molar-refractivity contribution < 1.29 is 8.42 Å². The second-order valence-corrected chi connectivity index (χ2v) is 7.22. The van der Waals surface area contributed by atoms with E-state index in [-0.39, 0.29) is 28.8 Å². The van der Waals surface area contributed by atoms with Gasteiger partial charge >= 0.3 is 0 Å². The van der Waals surface area contributed by atoms with E-state index in [1.165, 1.54) is 16.8 Å². The number of nitriles is 1. The first kappa shape index (κ1) is 17.5. The van der Waals surface area contributed by atoms with Crippen LogP contribution < -0.4 is 4.72 Å². The molecule has 23 heavy (non-hydrogen) atoms. The Bertz CT molecular complexity index is 887. The molecule has 0 aliphatic heterocycles. The zero-order chi connectivity index (χ0) is 17.2. The van der Waals surface area contributed by atoms with Crippen molar-refractivity contribution in [3.63, 3.8) is 0 Å². The van der Waals surface area contributed by atoms with Gasteiger partial charge in [0.2, 0.25) is 5.95 Å². The normalized spacial score (nSPS) is 11.3. The molecule has 0 unspecified atom stereocenters. The van der Waals surface area contributed by atoms with Gasteiger partial charge in [-0.2, -0.15) is 15.3 Å². The summed E-state index contributed by atoms with van der Waals surface area (Å²) < 4.78 is 28.7. The number of aryl methyl sites for hydroxylation is 3. The second-order valence-electron chi connectivity index (χ2n) is 4.75. The molecule has 1 aromatic heterocycles. The van der Waals surface area contributed by atoms with Crippen molar-refractivity contribution in [1.29, 1.82) is 5.26 Å². The van der Waals surface area contributed by atoms with Gasteiger partial charge in [0.1, 0.15) is 10.7 Å². The van der Waals surface area contributed by atoms with E-state index < -0.39 is 10.0 Å². The molecule has 122 valence electrons. The molecule has 10 heteroatoms. The highest BCUT2D eigenvalue weighted by Gasteiger charge is 2.22. The molecule has 2 aromatic rings. The van der Waals surface area contributed by atoms with Crippen molar-refractivity contribution in [2.45, 2.75) is 31.7 Å². The summed E-state index contributed by atoms with van der Waals surface area (Å²) in [6, 6.07) is 4.73. The Morgan fingerprint density at radius 2 is 2.00 bits per heavy atom. The van der Waals surface area contributed by atoms with Crippen molar-refractivity contribution in [2.75, 3.05) is 4.72 Å². The molecule has 1 aromatic carbocycles. The molecule has 1 N–H and O–H groups in total. The molecule has 1 heterocycles. The van der Waals surface area contributed by atoms with Crippen LogP contribution in [0.1, 0.15) is 17.8 Å². The van der Waals surface area contributed by atoms with Gasteiger partial charge in [0, 0.05) is 5.02 Å². The fourth-order valence-corrected chi connectivity index (χ4v) is 3.69. The van der Waals surface area contributed by atoms with Crippen LogP contribution in [0.4, 0.5) is 5.95 Å². The van der Waals surface area contributed by atoms with Crippen LogP contribution in [0.3, 0.4) is 0 Å². The first-order valence-electron chi connectivity index (χ1n) is 6.51. The van der Waals surface area contributed by atoms with E-state index in [1.807, 2.05) is 6.07 Å². The van der Waals surface area contributed by atoms with Crippen molar-refractivity contribution in [1.82, 2.24) is 14.8 Å². The van der Waals surface area contributed by atoms with Gasteiger partial charge in [0.25, 0.3) is 10.0 Å². The Labute approximate surface area is 143 Å². The van der Waals surface area contributed by atoms with E-state index >= 15 is 0 Å². The molecule has 0 saturated heterocycles. The van der Waals surface area contributed by atoms with Crippen LogP contribution in [0.2, 0.25) is 10.0 Å². The van der Waals surface area contributed by atoms with Crippen LogP contribution in [0.5, 0.6) is 0 Å². The van der Waals surface area contributed by atoms with Crippen LogP contribution in [0.15, 0.2) is 17.0 Å². The van der Waals surface area contributed by atoms with E-state index in [0.29, 0.717) is 16.4 Å². The highest BCUT2D eigenvalue weighted by Crippen LogP contribution is 2.29. The Hall–Kier alpha value is -1.82. The van der Waals surface area contributed by atoms with E-state index in [4.69, 9.17) is 28.5 Å². The van der Waals surface area contributed by atoms with Crippen LogP contribution in [-0.2, 0) is 16.6 Å². The summed E-state index contributed by atoms with van der Waals surface area (Å²) in [5, 5.41) is 13.1. The standard InChI is InChI=1S/C13H13Cl2N5O2S/c1-8-6-12(11(15)7-10(8)14)23(21,22)19-13-17-9(2)18-20(13)5-3-4-16/h6-7H,3,5H2,1-2H3,(H,17,18,19). The topological polar surface area (TPSA) is 101 Å². The summed E-state index contributed by atoms with van der Waals surface area (Å²) in [6.07, 6.45) is 0.179. The molecular weight excluding hydrogens is 361 g/mol. The van der Waals surface area contributed by atoms with Gasteiger partial charge in [-0.1, -0.05) is 23.2 Å². The summed E-state index contributed by atoms with van der Waals surface area (Å²) in [5.41, 5.74) is 0.582. The molecule has 0 atom stereocenters. The van der Waals surface area contributed by atoms with E-state index in [9.17, 15) is 8.42 Å². The molecule has 0 aliphatic rings. The first-order chi connectivity index (χ1) is 10.7. The Kier molecular flexibility index (Phi) is 5.14. The monoisotopic (exact) mass is 373 g/mol. The summed E-state index contributed by atoms with van der Waals surface area (Å²) >= 11 is 11.9. The Morgan fingerprint density at radius 1 is 1.30 bits per heavy atom. The highest BCUT2D eigenvalue weighted by atomic mass is 35.5. The smallest absolute Gasteiger partial charge is 0.247 e. The molecular formula is C13H13Cl2N5O2S. The van der Waals surface area contributed by atoms with Gasteiger partial charge < -0.3 is 0 Å². The van der Waals surface area contributed by atoms with Crippen LogP contribution in [-0.4, -0.2) is 23.2 Å². The lowest BCUT2D eigenvalue weighted by Crippen LogP contribution is -2.18. The summed E-state index contributed by atoms with van der Waals surface area (Å²) in [5.74, 6) is 0.417. The van der Waals surface area contributed by atoms with E-state index in [0.717, 1.165) is 0 Å². The van der Waals surface area contributed by atoms with Gasteiger partial charge in [-0.15, -0.1) is 0 Å². The Morgan fingerprint density at radius 3 is 2.65 bits per heavy atom. The van der Waals surface area contributed by atoms with Gasteiger partial charge in [-0.25, -0.2) is 17.8 Å². The molecule has 0 fully saturated rings. The zero-order valence-corrected chi connectivity index (χ0v) is 14.7. The third kappa shape index (κ3) is 3.93. The van der Waals surface area contributed by atoms with E-state index in [1.54, 1.807) is 13.8 Å². The largest absolute Gasteiger partial charge is 0.265 e. The third-order valence-corrected chi connectivity index (χ3v) is 5.14. The average Bonchev–Trinajstić information content (AvgIpc) is 2.79. The maximum Gasteiger partial charge on any atom is 0.265 e. The average molecular weight is 374 g/mol. The number of sulfonamides is 1. The summed E-state index contributed by atoms with van der Waals surface area (Å²) in [7, 11) is -3.96. The molecule has 0 amide bonds. The number of hydrogen-bond acceptors (Lipinski definition) is 5. The second kappa shape index (κ2) is 6.74. The molecule has 0 bridgehead atoms. The molecule has 7 nitrogen and oxygen atoms in total. The molecule has 0 radical (unpaired) electrons. The number of halogens is 2. The van der Waals surface area contributed by atoms with Gasteiger partial charge in [-0.05, 0) is 31.5 Å². The minimum Gasteiger partial charge on any atom is -0.247 e. The SMILES string of the molecule is Cc1nc(NS(=O)(=O)c2cc(C)c(Cl)cc2Cl)n(CCC#N)n1. The number of hydrogen-bond donors (Lipinski definition) is 1. The lowest BCUT2D eigenvalue weighted by molar-refractivity contribution is 0.596. The zero-order valence-electron chi connectivity index (χ0n) is 12.3. The fourth-order valence-electron chi connectivity index (χ4n) is 1.85. The molecule has 0 saturated carbocycles. The van der Waals surface area contributed by atoms with Crippen LogP contribution >= 0.6 is 23.2 Å². The summed E-state index contributed by atoms with van der Waals surface area (Å²) in [4.78, 5) is 3.92. The molecule has 2 rings (SSSR count). The maximum atomic E-state index is 12.5. The van der Waals surface area contributed by atoms with Crippen molar-refractivity contribution in [3.8, 4) is 6.07 Å². The van der Waals surface area contributed by atoms with Gasteiger partial charge in [-0.3, -0.25) is 0 Å². The predicted molar refractivity (Wildman–Crippen MR) is 87.0 cm³/mol. The van der Waals surface area contributed by atoms with Gasteiger partial charge in [0.05, 0.1) is 24.1 Å². The number of aromatic nitrogens is 3. The highest BCUT2D eigenvalue weighted by molar-refractivity contribution is 7.92. The first-order valence-corrected chi connectivity index (χ1v) is 8.75. The number of anilines is 1. The molecule has 0 spiro atoms. The third-order valence-electron chi connectivity index (χ3n) is 2.94. The lowest BCUT2D eigenvalue weighted by atomic mass is 10.2. The van der Waals surface area contributed by atoms with Crippen molar-refractivity contribution >= 4 is 39.2 Å². The quantitative estimate of drug-likeness (QED) is 0.867. The number of nitrogens with one attached hydrogen (secondary N) is 1. The van der Waals surface area contributed by atoms with Crippen molar-refractivity contribution in [2.24, 2.45) is 0 Å². The maximum absolute atomic E-state index is 12.5. The minimum absolute atomic E-state index is 0.00733. The fraction of sp³-hybridized carbons (Fsp3) is 0.308. The Balaban J connectivity index is 2.40. The lowest BCUT2D eigenvalue weighted by Gasteiger charge is -2.11. The summed E-state index contributed by atoms with van der Waals surface area (Å²) in [6.45, 7) is 3.53. The van der Waals surface area contributed by atoms with Crippen molar-refractivity contribution in [3.05, 3.63) is 33.6 Å². The number of benzene rings is 1. The van der Waals surface area contributed by atoms with Gasteiger partial charge in [0.15, 0.2) is 0 Å². The van der Waals surface area contributed by atoms with Crippen LogP contribution in [0.25, 0.3) is 0 Å². The number of nitrogens with zero attached hydrogens (tertiary/aromatic N) is 4. The minimum atomic E-state index is -3.96. The predicted octanol–water partition coefficient (Wildman–Crippen LogP) is 2.92. The number of rotatable bonds is 5. The van der Waals surface area contributed by atoms with Crippen LogP contribution in [0, 0.1) is 25.2 Å². The van der Waals surface area contributed by atoms with E-state index in [2.05, 4.69) is 14.8 Å². The molecule has 0 aliphatic carbocycles.